The second kappa shape index (κ2) is 7.73. The highest BCUT2D eigenvalue weighted by molar-refractivity contribution is 6.31. The summed E-state index contributed by atoms with van der Waals surface area (Å²) in [5.74, 6) is 0.607. The average molecular weight is 303 g/mol. The fourth-order valence-corrected chi connectivity index (χ4v) is 2.60. The molecule has 1 amide bonds. The van der Waals surface area contributed by atoms with Crippen LogP contribution in [0, 0.1) is 5.92 Å². The maximum atomic E-state index is 12.2. The van der Waals surface area contributed by atoms with Gasteiger partial charge in [0.2, 0.25) is 5.91 Å². The van der Waals surface area contributed by atoms with Crippen molar-refractivity contribution in [2.45, 2.75) is 19.3 Å². The second-order valence-corrected chi connectivity index (χ2v) is 5.26. The van der Waals surface area contributed by atoms with Gasteiger partial charge in [0.25, 0.3) is 0 Å². The molecule has 0 bridgehead atoms. The molecule has 1 fully saturated rings. The van der Waals surface area contributed by atoms with Gasteiger partial charge in [-0.25, -0.2) is 0 Å². The predicted molar refractivity (Wildman–Crippen MR) is 80.8 cm³/mol. The van der Waals surface area contributed by atoms with Crippen molar-refractivity contribution in [2.24, 2.45) is 11.7 Å². The van der Waals surface area contributed by atoms with Crippen LogP contribution in [0.1, 0.15) is 18.4 Å². The molecule has 0 radical (unpaired) electrons. The van der Waals surface area contributed by atoms with E-state index in [1.165, 1.54) is 0 Å². The molecule has 106 valence electrons. The van der Waals surface area contributed by atoms with Crippen molar-refractivity contribution in [3.05, 3.63) is 34.9 Å². The Morgan fingerprint density at radius 1 is 1.42 bits per heavy atom. The Balaban J connectivity index is 0.00000180. The zero-order valence-corrected chi connectivity index (χ0v) is 12.4. The molecule has 0 saturated carbocycles. The summed E-state index contributed by atoms with van der Waals surface area (Å²) < 4.78 is 0. The van der Waals surface area contributed by atoms with Crippen molar-refractivity contribution in [2.75, 3.05) is 19.6 Å². The maximum Gasteiger partial charge on any atom is 0.227 e. The molecule has 5 heteroatoms. The summed E-state index contributed by atoms with van der Waals surface area (Å²) in [5.41, 5.74) is 6.59. The largest absolute Gasteiger partial charge is 0.342 e. The molecule has 1 unspecified atom stereocenters. The van der Waals surface area contributed by atoms with Crippen LogP contribution in [0.4, 0.5) is 0 Å². The van der Waals surface area contributed by atoms with E-state index in [2.05, 4.69) is 0 Å². The number of likely N-dealkylation sites (tertiary alicyclic amines) is 1. The van der Waals surface area contributed by atoms with Gasteiger partial charge in [0.05, 0.1) is 6.42 Å². The first kappa shape index (κ1) is 16.3. The number of hydrogen-bond acceptors (Lipinski definition) is 2. The smallest absolute Gasteiger partial charge is 0.227 e. The Labute approximate surface area is 125 Å². The Hall–Kier alpha value is -0.770. The number of rotatable bonds is 3. The molecule has 19 heavy (non-hydrogen) atoms. The average Bonchev–Trinajstić information content (AvgIpc) is 2.41. The Bertz CT molecular complexity index is 426. The zero-order chi connectivity index (χ0) is 13.0. The predicted octanol–water partition coefficient (Wildman–Crippen LogP) is 2.50. The highest BCUT2D eigenvalue weighted by Gasteiger charge is 2.22. The van der Waals surface area contributed by atoms with Crippen molar-refractivity contribution in [1.82, 2.24) is 4.90 Å². The lowest BCUT2D eigenvalue weighted by atomic mass is 9.97. The first-order valence-corrected chi connectivity index (χ1v) is 6.79. The summed E-state index contributed by atoms with van der Waals surface area (Å²) in [4.78, 5) is 14.1. The molecule has 0 spiro atoms. The minimum Gasteiger partial charge on any atom is -0.342 e. The lowest BCUT2D eigenvalue weighted by Crippen LogP contribution is -2.42. The number of nitrogens with zero attached hydrogens (tertiary/aromatic N) is 1. The number of hydrogen-bond donors (Lipinski definition) is 1. The van der Waals surface area contributed by atoms with E-state index >= 15 is 0 Å². The van der Waals surface area contributed by atoms with E-state index in [0.717, 1.165) is 31.5 Å². The third-order valence-corrected chi connectivity index (χ3v) is 3.87. The Morgan fingerprint density at radius 3 is 2.84 bits per heavy atom. The van der Waals surface area contributed by atoms with Crippen molar-refractivity contribution >= 4 is 29.9 Å². The van der Waals surface area contributed by atoms with Gasteiger partial charge < -0.3 is 10.6 Å². The van der Waals surface area contributed by atoms with Gasteiger partial charge in [-0.05, 0) is 36.9 Å². The number of nitrogens with two attached hydrogens (primary N) is 1. The van der Waals surface area contributed by atoms with E-state index in [1.807, 2.05) is 29.2 Å². The molecule has 1 aliphatic rings. The molecule has 1 aromatic rings. The van der Waals surface area contributed by atoms with Crippen LogP contribution < -0.4 is 5.73 Å². The molecule has 3 nitrogen and oxygen atoms in total. The first-order valence-electron chi connectivity index (χ1n) is 6.42. The molecule has 1 aliphatic heterocycles. The summed E-state index contributed by atoms with van der Waals surface area (Å²) in [6, 6.07) is 7.52. The molecular formula is C14H20Cl2N2O. The van der Waals surface area contributed by atoms with Gasteiger partial charge in [0.1, 0.15) is 0 Å². The number of amides is 1. The van der Waals surface area contributed by atoms with Crippen molar-refractivity contribution in [3.8, 4) is 0 Å². The zero-order valence-electron chi connectivity index (χ0n) is 10.8. The fraction of sp³-hybridized carbons (Fsp3) is 0.500. The molecule has 2 N–H and O–H groups in total. The minimum absolute atomic E-state index is 0. The van der Waals surface area contributed by atoms with Gasteiger partial charge in [-0.15, -0.1) is 12.4 Å². The van der Waals surface area contributed by atoms with Crippen LogP contribution in [0.15, 0.2) is 24.3 Å². The van der Waals surface area contributed by atoms with E-state index < -0.39 is 0 Å². The first-order chi connectivity index (χ1) is 8.70. The molecule has 1 heterocycles. The van der Waals surface area contributed by atoms with E-state index in [1.54, 1.807) is 0 Å². The topological polar surface area (TPSA) is 46.3 Å². The molecule has 1 saturated heterocycles. The van der Waals surface area contributed by atoms with Gasteiger partial charge in [-0.2, -0.15) is 0 Å². The number of piperidine rings is 1. The summed E-state index contributed by atoms with van der Waals surface area (Å²) in [7, 11) is 0. The second-order valence-electron chi connectivity index (χ2n) is 4.85. The highest BCUT2D eigenvalue weighted by Crippen LogP contribution is 2.19. The van der Waals surface area contributed by atoms with Crippen molar-refractivity contribution in [1.29, 1.82) is 0 Å². The lowest BCUT2D eigenvalue weighted by molar-refractivity contribution is -0.132. The van der Waals surface area contributed by atoms with Crippen LogP contribution in [0.5, 0.6) is 0 Å². The van der Waals surface area contributed by atoms with Crippen LogP contribution in [-0.2, 0) is 11.2 Å². The summed E-state index contributed by atoms with van der Waals surface area (Å²) in [5, 5.41) is 0.665. The van der Waals surface area contributed by atoms with E-state index in [-0.39, 0.29) is 18.3 Å². The molecular weight excluding hydrogens is 283 g/mol. The van der Waals surface area contributed by atoms with Gasteiger partial charge in [-0.3, -0.25) is 4.79 Å². The standard InChI is InChI=1S/C14H19ClN2O.ClH/c15-13-6-2-1-5-12(13)8-14(18)17-7-3-4-11(9-16)10-17;/h1-2,5-6,11H,3-4,7-10,16H2;1H. The summed E-state index contributed by atoms with van der Waals surface area (Å²) in [6.45, 7) is 2.30. The number of halogens is 2. The number of carbonyl (C=O) groups excluding carboxylic acids is 1. The molecule has 1 atom stereocenters. The highest BCUT2D eigenvalue weighted by atomic mass is 35.5. The van der Waals surface area contributed by atoms with Crippen LogP contribution in [0.2, 0.25) is 5.02 Å². The third kappa shape index (κ3) is 4.37. The molecule has 0 aliphatic carbocycles. The quantitative estimate of drug-likeness (QED) is 0.932. The van der Waals surface area contributed by atoms with E-state index in [4.69, 9.17) is 17.3 Å². The van der Waals surface area contributed by atoms with Crippen LogP contribution in [0.25, 0.3) is 0 Å². The van der Waals surface area contributed by atoms with Gasteiger partial charge >= 0.3 is 0 Å². The third-order valence-electron chi connectivity index (χ3n) is 3.50. The van der Waals surface area contributed by atoms with E-state index in [9.17, 15) is 4.79 Å². The van der Waals surface area contributed by atoms with Gasteiger partial charge in [-0.1, -0.05) is 29.8 Å². The van der Waals surface area contributed by atoms with Crippen LogP contribution in [-0.4, -0.2) is 30.4 Å². The molecule has 1 aromatic carbocycles. The van der Waals surface area contributed by atoms with Crippen molar-refractivity contribution < 1.29 is 4.79 Å². The number of carbonyl (C=O) groups is 1. The molecule has 2 rings (SSSR count). The normalized spacial score (nSPS) is 18.8. The lowest BCUT2D eigenvalue weighted by Gasteiger charge is -2.32. The maximum absolute atomic E-state index is 12.2. The SMILES string of the molecule is Cl.NCC1CCCN(C(=O)Cc2ccccc2Cl)C1. The fourth-order valence-electron chi connectivity index (χ4n) is 2.40. The minimum atomic E-state index is 0. The molecule has 0 aromatic heterocycles. The Kier molecular flexibility index (Phi) is 6.63. The van der Waals surface area contributed by atoms with E-state index in [0.29, 0.717) is 23.9 Å². The van der Waals surface area contributed by atoms with Crippen molar-refractivity contribution in [3.63, 3.8) is 0 Å². The summed E-state index contributed by atoms with van der Waals surface area (Å²) in [6.07, 6.45) is 2.57. The van der Waals surface area contributed by atoms with Crippen LogP contribution >= 0.6 is 24.0 Å². The van der Waals surface area contributed by atoms with Gasteiger partial charge in [0, 0.05) is 18.1 Å². The Morgan fingerprint density at radius 2 is 2.16 bits per heavy atom. The van der Waals surface area contributed by atoms with Gasteiger partial charge in [0.15, 0.2) is 0 Å². The summed E-state index contributed by atoms with van der Waals surface area (Å²) >= 11 is 6.07. The van der Waals surface area contributed by atoms with Crippen LogP contribution in [0.3, 0.4) is 0 Å². The number of benzene rings is 1. The monoisotopic (exact) mass is 302 g/mol.